The predicted molar refractivity (Wildman–Crippen MR) is 107 cm³/mol. The van der Waals surface area contributed by atoms with Crippen molar-refractivity contribution in [3.05, 3.63) is 18.6 Å². The summed E-state index contributed by atoms with van der Waals surface area (Å²) in [6, 6.07) is 2.04. The Balaban J connectivity index is 1.35. The van der Waals surface area contributed by atoms with Crippen LogP contribution >= 0.6 is 0 Å². The maximum absolute atomic E-state index is 12.6. The van der Waals surface area contributed by atoms with E-state index in [-0.39, 0.29) is 23.0 Å². The zero-order chi connectivity index (χ0) is 19.5. The fraction of sp³-hybridized carbons (Fsp3) is 0.667. The van der Waals surface area contributed by atoms with Crippen molar-refractivity contribution in [3.63, 3.8) is 0 Å². The Kier molecular flexibility index (Phi) is 3.95. The Morgan fingerprint density at radius 1 is 1.46 bits per heavy atom. The molecule has 0 aromatic carbocycles. The molecule has 1 spiro atoms. The van der Waals surface area contributed by atoms with Gasteiger partial charge >= 0.3 is 0 Å². The summed E-state index contributed by atoms with van der Waals surface area (Å²) in [5.74, 6) is 1.93. The van der Waals surface area contributed by atoms with Crippen LogP contribution in [0, 0.1) is 17.3 Å². The van der Waals surface area contributed by atoms with E-state index in [1.165, 1.54) is 0 Å². The van der Waals surface area contributed by atoms with Crippen LogP contribution in [0.15, 0.2) is 18.6 Å². The number of nitrogens with zero attached hydrogens (tertiary/aromatic N) is 3. The van der Waals surface area contributed by atoms with Crippen molar-refractivity contribution in [1.82, 2.24) is 20.3 Å². The van der Waals surface area contributed by atoms with Crippen LogP contribution in [0.2, 0.25) is 0 Å². The maximum atomic E-state index is 12.6. The molecule has 2 aromatic heterocycles. The molecule has 0 radical (unpaired) electrons. The molecule has 2 aromatic rings. The summed E-state index contributed by atoms with van der Waals surface area (Å²) in [5.41, 5.74) is 0.461. The van der Waals surface area contributed by atoms with E-state index in [1.54, 1.807) is 6.33 Å². The lowest BCUT2D eigenvalue weighted by Crippen LogP contribution is -2.44. The van der Waals surface area contributed by atoms with Gasteiger partial charge in [0.05, 0.1) is 17.1 Å². The second-order valence-corrected chi connectivity index (χ2v) is 9.30. The molecule has 1 amide bonds. The van der Waals surface area contributed by atoms with E-state index in [0.717, 1.165) is 49.2 Å². The summed E-state index contributed by atoms with van der Waals surface area (Å²) in [5, 5.41) is 4.28. The number of rotatable bonds is 5. The Hall–Kier alpha value is -2.15. The topological polar surface area (TPSA) is 83.1 Å². The van der Waals surface area contributed by atoms with E-state index in [4.69, 9.17) is 4.74 Å². The number of hydrogen-bond donors (Lipinski definition) is 2. The third kappa shape index (κ3) is 2.55. The van der Waals surface area contributed by atoms with Crippen molar-refractivity contribution in [2.75, 3.05) is 24.5 Å². The van der Waals surface area contributed by atoms with Crippen LogP contribution in [-0.2, 0) is 9.53 Å². The maximum Gasteiger partial charge on any atom is 0.225 e. The van der Waals surface area contributed by atoms with Crippen molar-refractivity contribution in [3.8, 4) is 0 Å². The summed E-state index contributed by atoms with van der Waals surface area (Å²) in [6.45, 7) is 8.58. The van der Waals surface area contributed by atoms with Crippen molar-refractivity contribution in [1.29, 1.82) is 0 Å². The molecule has 28 heavy (non-hydrogen) atoms. The van der Waals surface area contributed by atoms with Crippen molar-refractivity contribution < 1.29 is 9.53 Å². The molecular formula is C21H29N5O2. The molecule has 5 rings (SSSR count). The normalized spacial score (nSPS) is 31.5. The number of H-pyrrole nitrogens is 1. The highest BCUT2D eigenvalue weighted by Crippen LogP contribution is 2.55. The minimum atomic E-state index is -0.321. The standard InChI is InChI=1S/C21H29N5O2/c1-4-20(2,3)19(27)23-9-14-15-10-26(11-21(15)7-5-16(14)28-21)18-13-6-8-22-17(13)24-12-25-18/h6,8,12,14-16H,4-5,7,9-11H2,1-3H3,(H,23,27)(H,22,24,25)/t14-,15+,16+,21+/m0/s1. The highest BCUT2D eigenvalue weighted by molar-refractivity contribution is 5.87. The van der Waals surface area contributed by atoms with Crippen LogP contribution < -0.4 is 10.2 Å². The first kappa shape index (κ1) is 17.9. The minimum Gasteiger partial charge on any atom is -0.369 e. The Labute approximate surface area is 165 Å². The fourth-order valence-corrected chi connectivity index (χ4v) is 5.35. The number of amides is 1. The second-order valence-electron chi connectivity index (χ2n) is 9.30. The molecule has 2 bridgehead atoms. The monoisotopic (exact) mass is 383 g/mol. The third-order valence-corrected chi connectivity index (χ3v) is 7.41. The average molecular weight is 383 g/mol. The number of hydrogen-bond acceptors (Lipinski definition) is 5. The van der Waals surface area contributed by atoms with Gasteiger partial charge in [0.25, 0.3) is 0 Å². The van der Waals surface area contributed by atoms with Crippen LogP contribution in [-0.4, -0.2) is 52.2 Å². The lowest BCUT2D eigenvalue weighted by Gasteiger charge is -2.30. The van der Waals surface area contributed by atoms with Gasteiger partial charge in [0.15, 0.2) is 0 Å². The van der Waals surface area contributed by atoms with E-state index >= 15 is 0 Å². The van der Waals surface area contributed by atoms with E-state index in [0.29, 0.717) is 18.4 Å². The largest absolute Gasteiger partial charge is 0.369 e. The van der Waals surface area contributed by atoms with Crippen molar-refractivity contribution in [2.24, 2.45) is 17.3 Å². The molecule has 150 valence electrons. The van der Waals surface area contributed by atoms with Gasteiger partial charge in [0, 0.05) is 43.1 Å². The molecule has 3 saturated heterocycles. The van der Waals surface area contributed by atoms with Gasteiger partial charge in [0.2, 0.25) is 5.91 Å². The number of fused-ring (bicyclic) bond motifs is 2. The predicted octanol–water partition coefficient (Wildman–Crippen LogP) is 2.49. The van der Waals surface area contributed by atoms with E-state index in [9.17, 15) is 4.79 Å². The van der Waals surface area contributed by atoms with Gasteiger partial charge in [-0.2, -0.15) is 0 Å². The SMILES string of the molecule is CCC(C)(C)C(=O)NC[C@H]1[C@H]2CN(c3ncnc4[nH]ccc34)C[C@]23CC[C@H]1O3. The Bertz CT molecular complexity index is 909. The molecule has 0 aliphatic carbocycles. The van der Waals surface area contributed by atoms with Crippen molar-refractivity contribution >= 4 is 22.8 Å². The van der Waals surface area contributed by atoms with Gasteiger partial charge in [-0.25, -0.2) is 9.97 Å². The summed E-state index contributed by atoms with van der Waals surface area (Å²) >= 11 is 0. The molecular weight excluding hydrogens is 354 g/mol. The summed E-state index contributed by atoms with van der Waals surface area (Å²) < 4.78 is 6.54. The van der Waals surface area contributed by atoms with Gasteiger partial charge in [-0.05, 0) is 25.3 Å². The Morgan fingerprint density at radius 3 is 3.14 bits per heavy atom. The van der Waals surface area contributed by atoms with Crippen LogP contribution in [0.25, 0.3) is 11.0 Å². The van der Waals surface area contributed by atoms with Crippen molar-refractivity contribution in [2.45, 2.75) is 51.7 Å². The number of aromatic nitrogens is 3. The van der Waals surface area contributed by atoms with Gasteiger partial charge in [-0.15, -0.1) is 0 Å². The molecule has 3 aliphatic heterocycles. The number of ether oxygens (including phenoxy) is 1. The number of aromatic amines is 1. The first-order chi connectivity index (χ1) is 13.4. The molecule has 2 N–H and O–H groups in total. The summed E-state index contributed by atoms with van der Waals surface area (Å²) in [6.07, 6.45) is 6.84. The van der Waals surface area contributed by atoms with Gasteiger partial charge in [0.1, 0.15) is 17.8 Å². The molecule has 7 heteroatoms. The number of anilines is 1. The first-order valence-electron chi connectivity index (χ1n) is 10.4. The molecule has 5 heterocycles. The zero-order valence-electron chi connectivity index (χ0n) is 16.9. The smallest absolute Gasteiger partial charge is 0.225 e. The Morgan fingerprint density at radius 2 is 2.32 bits per heavy atom. The molecule has 0 unspecified atom stereocenters. The van der Waals surface area contributed by atoms with Gasteiger partial charge in [-0.3, -0.25) is 4.79 Å². The number of carbonyl (C=O) groups is 1. The number of nitrogens with one attached hydrogen (secondary N) is 2. The van der Waals surface area contributed by atoms with Gasteiger partial charge < -0.3 is 19.9 Å². The van der Waals surface area contributed by atoms with Gasteiger partial charge in [-0.1, -0.05) is 20.8 Å². The van der Waals surface area contributed by atoms with Crippen LogP contribution in [0.4, 0.5) is 5.82 Å². The van der Waals surface area contributed by atoms with Crippen LogP contribution in [0.3, 0.4) is 0 Å². The average Bonchev–Trinajstić information content (AvgIpc) is 3.44. The lowest BCUT2D eigenvalue weighted by atomic mass is 9.73. The first-order valence-corrected chi connectivity index (χ1v) is 10.4. The molecule has 3 fully saturated rings. The van der Waals surface area contributed by atoms with E-state index in [2.05, 4.69) is 32.1 Å². The number of carbonyl (C=O) groups excluding carboxylic acids is 1. The third-order valence-electron chi connectivity index (χ3n) is 7.41. The lowest BCUT2D eigenvalue weighted by molar-refractivity contribution is -0.129. The molecule has 7 nitrogen and oxygen atoms in total. The van der Waals surface area contributed by atoms with E-state index < -0.39 is 0 Å². The highest BCUT2D eigenvalue weighted by atomic mass is 16.5. The zero-order valence-corrected chi connectivity index (χ0v) is 16.9. The second kappa shape index (κ2) is 6.17. The minimum absolute atomic E-state index is 0.0894. The molecule has 4 atom stereocenters. The molecule has 0 saturated carbocycles. The van der Waals surface area contributed by atoms with Crippen LogP contribution in [0.1, 0.15) is 40.0 Å². The fourth-order valence-electron chi connectivity index (χ4n) is 5.35. The summed E-state index contributed by atoms with van der Waals surface area (Å²) in [7, 11) is 0. The quantitative estimate of drug-likeness (QED) is 0.829. The highest BCUT2D eigenvalue weighted by Gasteiger charge is 2.63. The van der Waals surface area contributed by atoms with E-state index in [1.807, 2.05) is 26.1 Å². The molecule has 3 aliphatic rings. The van der Waals surface area contributed by atoms with Crippen LogP contribution in [0.5, 0.6) is 0 Å². The summed E-state index contributed by atoms with van der Waals surface area (Å²) in [4.78, 5) is 27.0.